The molecular weight excluding hydrogens is 438 g/mol. The van der Waals surface area contributed by atoms with Crippen LogP contribution in [0.2, 0.25) is 0 Å². The van der Waals surface area contributed by atoms with Gasteiger partial charge in [0.15, 0.2) is 10.9 Å². The second kappa shape index (κ2) is 10.4. The van der Waals surface area contributed by atoms with Gasteiger partial charge in [0.05, 0.1) is 11.4 Å². The summed E-state index contributed by atoms with van der Waals surface area (Å²) in [6.45, 7) is 0. The van der Waals surface area contributed by atoms with Gasteiger partial charge in [0.2, 0.25) is 5.91 Å². The van der Waals surface area contributed by atoms with Crippen molar-refractivity contribution in [2.45, 2.75) is 5.16 Å². The number of nitrogens with zero attached hydrogens (tertiary/aromatic N) is 2. The zero-order valence-electron chi connectivity index (χ0n) is 17.3. The molecule has 0 fully saturated rings. The van der Waals surface area contributed by atoms with Gasteiger partial charge in [-0.05, 0) is 30.3 Å². The smallest absolute Gasteiger partial charge is 0.278 e. The Morgan fingerprint density at radius 1 is 0.818 bits per heavy atom. The predicted octanol–water partition coefficient (Wildman–Crippen LogP) is 3.82. The van der Waals surface area contributed by atoms with Crippen LogP contribution in [0.4, 0.5) is 11.4 Å². The number of aromatic nitrogens is 3. The summed E-state index contributed by atoms with van der Waals surface area (Å²) < 4.78 is 0. The molecular formula is C24H19N5O3S. The van der Waals surface area contributed by atoms with Gasteiger partial charge in [-0.2, -0.15) is 0 Å². The Kier molecular flexibility index (Phi) is 6.91. The van der Waals surface area contributed by atoms with Crippen LogP contribution in [0.15, 0.2) is 94.9 Å². The first-order valence-electron chi connectivity index (χ1n) is 10.0. The monoisotopic (exact) mass is 457 g/mol. The summed E-state index contributed by atoms with van der Waals surface area (Å²) in [6, 6.07) is 24.7. The Balaban J connectivity index is 1.46. The van der Waals surface area contributed by atoms with E-state index in [9.17, 15) is 14.4 Å². The van der Waals surface area contributed by atoms with E-state index >= 15 is 0 Å². The van der Waals surface area contributed by atoms with Gasteiger partial charge in [-0.25, -0.2) is 0 Å². The molecule has 9 heteroatoms. The molecule has 8 nitrogen and oxygen atoms in total. The number of carbonyl (C=O) groups is 2. The number of benzene rings is 3. The van der Waals surface area contributed by atoms with Crippen molar-refractivity contribution < 1.29 is 9.59 Å². The van der Waals surface area contributed by atoms with Crippen LogP contribution in [0.1, 0.15) is 10.4 Å². The van der Waals surface area contributed by atoms with E-state index in [0.717, 1.165) is 11.8 Å². The first kappa shape index (κ1) is 22.0. The number of aromatic amines is 1. The van der Waals surface area contributed by atoms with Gasteiger partial charge in [-0.3, -0.25) is 19.4 Å². The summed E-state index contributed by atoms with van der Waals surface area (Å²) >= 11 is 1.07. The number of hydrogen-bond donors (Lipinski definition) is 3. The molecule has 0 aliphatic heterocycles. The van der Waals surface area contributed by atoms with Crippen LogP contribution < -0.4 is 16.2 Å². The summed E-state index contributed by atoms with van der Waals surface area (Å²) in [7, 11) is 0. The summed E-state index contributed by atoms with van der Waals surface area (Å²) in [5.41, 5.74) is 1.65. The molecule has 0 spiro atoms. The largest absolute Gasteiger partial charge is 0.325 e. The Bertz CT molecular complexity index is 1330. The highest BCUT2D eigenvalue weighted by atomic mass is 32.2. The molecule has 0 saturated heterocycles. The van der Waals surface area contributed by atoms with E-state index in [1.54, 1.807) is 60.7 Å². The minimum absolute atomic E-state index is 0.0581. The van der Waals surface area contributed by atoms with Crippen molar-refractivity contribution in [3.8, 4) is 11.3 Å². The Morgan fingerprint density at radius 3 is 2.21 bits per heavy atom. The van der Waals surface area contributed by atoms with Gasteiger partial charge in [0, 0.05) is 16.8 Å². The number of thioether (sulfide) groups is 1. The second-order valence-corrected chi connectivity index (χ2v) is 7.84. The van der Waals surface area contributed by atoms with Gasteiger partial charge < -0.3 is 10.6 Å². The zero-order valence-corrected chi connectivity index (χ0v) is 18.1. The molecule has 33 heavy (non-hydrogen) atoms. The summed E-state index contributed by atoms with van der Waals surface area (Å²) in [4.78, 5) is 40.0. The van der Waals surface area contributed by atoms with E-state index in [0.29, 0.717) is 22.5 Å². The second-order valence-electron chi connectivity index (χ2n) is 6.88. The van der Waals surface area contributed by atoms with Gasteiger partial charge in [-0.15, -0.1) is 10.2 Å². The summed E-state index contributed by atoms with van der Waals surface area (Å²) in [5.74, 6) is -0.473. The van der Waals surface area contributed by atoms with Crippen molar-refractivity contribution in [3.63, 3.8) is 0 Å². The number of para-hydroxylation sites is 2. The molecule has 0 atom stereocenters. The Morgan fingerprint density at radius 2 is 1.48 bits per heavy atom. The lowest BCUT2D eigenvalue weighted by atomic mass is 10.1. The van der Waals surface area contributed by atoms with Crippen LogP contribution in [-0.2, 0) is 4.79 Å². The average molecular weight is 458 g/mol. The van der Waals surface area contributed by atoms with E-state index in [1.807, 2.05) is 24.3 Å². The number of amides is 2. The van der Waals surface area contributed by atoms with Gasteiger partial charge >= 0.3 is 0 Å². The van der Waals surface area contributed by atoms with Gasteiger partial charge in [-0.1, -0.05) is 66.4 Å². The Labute approximate surface area is 193 Å². The summed E-state index contributed by atoms with van der Waals surface area (Å²) in [5, 5.41) is 13.9. The minimum Gasteiger partial charge on any atom is -0.325 e. The highest BCUT2D eigenvalue weighted by Gasteiger charge is 2.15. The lowest BCUT2D eigenvalue weighted by Crippen LogP contribution is -2.18. The van der Waals surface area contributed by atoms with Crippen LogP contribution in [0.3, 0.4) is 0 Å². The molecule has 0 unspecified atom stereocenters. The molecule has 3 N–H and O–H groups in total. The molecule has 4 rings (SSSR count). The number of H-pyrrole nitrogens is 1. The van der Waals surface area contributed by atoms with Gasteiger partial charge in [0.1, 0.15) is 0 Å². The number of nitrogens with one attached hydrogen (secondary N) is 3. The Hall–Kier alpha value is -4.24. The molecule has 2 amide bonds. The van der Waals surface area contributed by atoms with Crippen LogP contribution in [0, 0.1) is 0 Å². The van der Waals surface area contributed by atoms with Crippen molar-refractivity contribution in [1.82, 2.24) is 15.2 Å². The van der Waals surface area contributed by atoms with Crippen LogP contribution in [0.25, 0.3) is 11.3 Å². The lowest BCUT2D eigenvalue weighted by molar-refractivity contribution is -0.113. The van der Waals surface area contributed by atoms with Gasteiger partial charge in [0.25, 0.3) is 11.5 Å². The third-order valence-electron chi connectivity index (χ3n) is 4.54. The normalized spacial score (nSPS) is 10.4. The van der Waals surface area contributed by atoms with E-state index in [4.69, 9.17) is 0 Å². The average Bonchev–Trinajstić information content (AvgIpc) is 2.84. The molecule has 0 aliphatic carbocycles. The fraction of sp³-hybridized carbons (Fsp3) is 0.0417. The third-order valence-corrected chi connectivity index (χ3v) is 5.40. The zero-order chi connectivity index (χ0) is 23.0. The van der Waals surface area contributed by atoms with Crippen LogP contribution in [-0.4, -0.2) is 32.7 Å². The fourth-order valence-corrected chi connectivity index (χ4v) is 3.60. The molecule has 0 aliphatic rings. The molecule has 4 aromatic rings. The van der Waals surface area contributed by atoms with Crippen LogP contribution in [0.5, 0.6) is 0 Å². The first-order chi connectivity index (χ1) is 16.1. The summed E-state index contributed by atoms with van der Waals surface area (Å²) in [6.07, 6.45) is 0. The van der Waals surface area contributed by atoms with Crippen molar-refractivity contribution >= 4 is 35.0 Å². The number of rotatable bonds is 7. The number of anilines is 2. The van der Waals surface area contributed by atoms with Crippen molar-refractivity contribution in [2.75, 3.05) is 16.4 Å². The molecule has 0 radical (unpaired) electrons. The topological polar surface area (TPSA) is 117 Å². The van der Waals surface area contributed by atoms with E-state index in [2.05, 4.69) is 25.8 Å². The molecule has 164 valence electrons. The van der Waals surface area contributed by atoms with Crippen LogP contribution >= 0.6 is 11.8 Å². The standard InChI is InChI=1S/C24H19N5O3S/c30-20(25-17-11-5-2-6-12-17)15-33-24-27-23(32)21(28-29-24)18-13-7-8-14-19(18)26-22(31)16-9-3-1-4-10-16/h1-14H,15H2,(H,25,30)(H,26,31)(H,27,29,32). The van der Waals surface area contributed by atoms with Crippen molar-refractivity contribution in [2.24, 2.45) is 0 Å². The maximum Gasteiger partial charge on any atom is 0.278 e. The maximum atomic E-state index is 12.7. The SMILES string of the molecule is O=C(CSc1nnc(-c2ccccc2NC(=O)c2ccccc2)c(=O)[nH]1)Nc1ccccc1. The van der Waals surface area contributed by atoms with E-state index < -0.39 is 5.56 Å². The predicted molar refractivity (Wildman–Crippen MR) is 128 cm³/mol. The molecule has 1 aromatic heterocycles. The highest BCUT2D eigenvalue weighted by molar-refractivity contribution is 7.99. The fourth-order valence-electron chi connectivity index (χ4n) is 3.00. The minimum atomic E-state index is -0.475. The molecule has 0 bridgehead atoms. The first-order valence-corrected chi connectivity index (χ1v) is 11.0. The highest BCUT2D eigenvalue weighted by Crippen LogP contribution is 2.24. The molecule has 1 heterocycles. The third kappa shape index (κ3) is 5.72. The lowest BCUT2D eigenvalue weighted by Gasteiger charge is -2.10. The van der Waals surface area contributed by atoms with E-state index in [1.165, 1.54) is 0 Å². The quantitative estimate of drug-likeness (QED) is 0.363. The number of hydrogen-bond acceptors (Lipinski definition) is 6. The van der Waals surface area contributed by atoms with Crippen molar-refractivity contribution in [3.05, 3.63) is 101 Å². The molecule has 3 aromatic carbocycles. The van der Waals surface area contributed by atoms with Crippen molar-refractivity contribution in [1.29, 1.82) is 0 Å². The van der Waals surface area contributed by atoms with E-state index in [-0.39, 0.29) is 28.4 Å². The number of carbonyl (C=O) groups excluding carboxylic acids is 2. The maximum absolute atomic E-state index is 12.7. The molecule has 0 saturated carbocycles.